The smallest absolute Gasteiger partial charge is 0.238 e. The van der Waals surface area contributed by atoms with Crippen LogP contribution in [0.5, 0.6) is 0 Å². The van der Waals surface area contributed by atoms with Crippen molar-refractivity contribution >= 4 is 41.8 Å². The zero-order valence-corrected chi connectivity index (χ0v) is 12.5. The standard InChI is InChI=1S/C10H20N2OS2.ClH/c1-10(2,3)15-5-4-11-9(13)8-6-14-7-12-8;/h8,12H,4-7H2,1-3H3,(H,11,13);1H/t8-;/m1./s1. The van der Waals surface area contributed by atoms with Gasteiger partial charge in [-0.05, 0) is 0 Å². The zero-order valence-electron chi connectivity index (χ0n) is 10.0. The van der Waals surface area contributed by atoms with Gasteiger partial charge in [0.05, 0.1) is 6.04 Å². The van der Waals surface area contributed by atoms with Gasteiger partial charge in [-0.2, -0.15) is 11.8 Å². The number of amides is 1. The lowest BCUT2D eigenvalue weighted by molar-refractivity contribution is -0.122. The minimum Gasteiger partial charge on any atom is -0.354 e. The minimum absolute atomic E-state index is 0. The molecule has 96 valence electrons. The van der Waals surface area contributed by atoms with E-state index >= 15 is 0 Å². The van der Waals surface area contributed by atoms with E-state index in [1.54, 1.807) is 11.8 Å². The second-order valence-electron chi connectivity index (χ2n) is 4.52. The maximum Gasteiger partial charge on any atom is 0.238 e. The van der Waals surface area contributed by atoms with Crippen LogP contribution in [-0.4, -0.2) is 40.6 Å². The predicted octanol–water partition coefficient (Wildman–Crippen LogP) is 1.72. The third-order valence-corrected chi connectivity index (χ3v) is 4.18. The van der Waals surface area contributed by atoms with Gasteiger partial charge in [0, 0.05) is 28.7 Å². The van der Waals surface area contributed by atoms with Crippen molar-refractivity contribution in [1.29, 1.82) is 0 Å². The van der Waals surface area contributed by atoms with Crippen LogP contribution in [0.3, 0.4) is 0 Å². The number of thioether (sulfide) groups is 2. The van der Waals surface area contributed by atoms with E-state index in [0.29, 0.717) is 0 Å². The molecule has 1 heterocycles. The highest BCUT2D eigenvalue weighted by Gasteiger charge is 2.21. The van der Waals surface area contributed by atoms with Crippen LogP contribution in [-0.2, 0) is 4.79 Å². The summed E-state index contributed by atoms with van der Waals surface area (Å²) < 4.78 is 0.284. The van der Waals surface area contributed by atoms with E-state index in [1.807, 2.05) is 11.8 Å². The highest BCUT2D eigenvalue weighted by molar-refractivity contribution is 8.00. The largest absolute Gasteiger partial charge is 0.354 e. The second-order valence-corrected chi connectivity index (χ2v) is 7.48. The molecule has 1 amide bonds. The first kappa shape index (κ1) is 16.4. The average molecular weight is 285 g/mol. The van der Waals surface area contributed by atoms with Crippen molar-refractivity contribution in [3.8, 4) is 0 Å². The highest BCUT2D eigenvalue weighted by Crippen LogP contribution is 2.22. The molecule has 6 heteroatoms. The first-order chi connectivity index (χ1) is 6.99. The molecule has 1 aliphatic rings. The molecule has 1 fully saturated rings. The minimum atomic E-state index is 0. The molecule has 0 aromatic rings. The molecule has 2 N–H and O–H groups in total. The van der Waals surface area contributed by atoms with Crippen LogP contribution in [0.15, 0.2) is 0 Å². The molecular formula is C10H21ClN2OS2. The molecule has 1 atom stereocenters. The summed E-state index contributed by atoms with van der Waals surface area (Å²) in [5.74, 6) is 2.93. The summed E-state index contributed by atoms with van der Waals surface area (Å²) >= 11 is 3.65. The molecule has 0 aromatic carbocycles. The summed E-state index contributed by atoms with van der Waals surface area (Å²) in [5, 5.41) is 6.12. The van der Waals surface area contributed by atoms with Gasteiger partial charge in [0.15, 0.2) is 0 Å². The van der Waals surface area contributed by atoms with E-state index in [1.165, 1.54) is 0 Å². The van der Waals surface area contributed by atoms with Crippen molar-refractivity contribution in [2.45, 2.75) is 31.6 Å². The van der Waals surface area contributed by atoms with Gasteiger partial charge >= 0.3 is 0 Å². The fourth-order valence-corrected chi connectivity index (χ4v) is 2.98. The molecule has 0 unspecified atom stereocenters. The van der Waals surface area contributed by atoms with Crippen LogP contribution in [0.25, 0.3) is 0 Å². The molecular weight excluding hydrogens is 264 g/mol. The Morgan fingerprint density at radius 2 is 2.25 bits per heavy atom. The van der Waals surface area contributed by atoms with E-state index in [0.717, 1.165) is 23.9 Å². The Morgan fingerprint density at radius 3 is 2.75 bits per heavy atom. The van der Waals surface area contributed by atoms with Crippen LogP contribution >= 0.6 is 35.9 Å². The number of carbonyl (C=O) groups is 1. The third kappa shape index (κ3) is 6.89. The number of rotatable bonds is 4. The lowest BCUT2D eigenvalue weighted by Gasteiger charge is -2.18. The quantitative estimate of drug-likeness (QED) is 0.772. The van der Waals surface area contributed by atoms with E-state index in [9.17, 15) is 4.79 Å². The van der Waals surface area contributed by atoms with E-state index < -0.39 is 0 Å². The molecule has 1 aliphatic heterocycles. The number of hydrogen-bond acceptors (Lipinski definition) is 4. The number of nitrogens with one attached hydrogen (secondary N) is 2. The second kappa shape index (κ2) is 7.69. The predicted molar refractivity (Wildman–Crippen MR) is 76.7 cm³/mol. The zero-order chi connectivity index (χ0) is 11.3. The third-order valence-electron chi connectivity index (χ3n) is 1.97. The molecule has 0 saturated carbocycles. The van der Waals surface area contributed by atoms with Crippen LogP contribution in [0.4, 0.5) is 0 Å². The van der Waals surface area contributed by atoms with Crippen LogP contribution in [0.1, 0.15) is 20.8 Å². The Hall–Kier alpha value is 0.420. The average Bonchev–Trinajstić information content (AvgIpc) is 2.63. The number of halogens is 1. The lowest BCUT2D eigenvalue weighted by Crippen LogP contribution is -2.42. The van der Waals surface area contributed by atoms with Crippen molar-refractivity contribution in [2.24, 2.45) is 0 Å². The molecule has 0 aromatic heterocycles. The van der Waals surface area contributed by atoms with Gasteiger partial charge < -0.3 is 5.32 Å². The van der Waals surface area contributed by atoms with E-state index in [2.05, 4.69) is 31.4 Å². The number of carbonyl (C=O) groups excluding carboxylic acids is 1. The molecule has 0 radical (unpaired) electrons. The van der Waals surface area contributed by atoms with Crippen molar-refractivity contribution in [3.05, 3.63) is 0 Å². The molecule has 1 saturated heterocycles. The Balaban J connectivity index is 0.00000225. The SMILES string of the molecule is CC(C)(C)SCCNC(=O)[C@H]1CSCN1.Cl. The first-order valence-electron chi connectivity index (χ1n) is 5.22. The Labute approximate surface area is 113 Å². The fourth-order valence-electron chi connectivity index (χ4n) is 1.22. The maximum atomic E-state index is 11.6. The fraction of sp³-hybridized carbons (Fsp3) is 0.900. The molecule has 3 nitrogen and oxygen atoms in total. The molecule has 0 spiro atoms. The van der Waals surface area contributed by atoms with Gasteiger partial charge in [-0.3, -0.25) is 10.1 Å². The Morgan fingerprint density at radius 1 is 1.56 bits per heavy atom. The van der Waals surface area contributed by atoms with Gasteiger partial charge in [-0.25, -0.2) is 0 Å². The summed E-state index contributed by atoms with van der Waals surface area (Å²) in [6, 6.07) is 0.0228. The van der Waals surface area contributed by atoms with Crippen molar-refractivity contribution in [1.82, 2.24) is 10.6 Å². The van der Waals surface area contributed by atoms with E-state index in [4.69, 9.17) is 0 Å². The highest BCUT2D eigenvalue weighted by atomic mass is 35.5. The summed E-state index contributed by atoms with van der Waals surface area (Å²) in [4.78, 5) is 11.6. The number of hydrogen-bond donors (Lipinski definition) is 2. The van der Waals surface area contributed by atoms with Crippen molar-refractivity contribution in [2.75, 3.05) is 23.9 Å². The van der Waals surface area contributed by atoms with Crippen LogP contribution < -0.4 is 10.6 Å². The Kier molecular flexibility index (Phi) is 7.89. The molecule has 0 aliphatic carbocycles. The first-order valence-corrected chi connectivity index (χ1v) is 7.36. The molecule has 0 bridgehead atoms. The van der Waals surface area contributed by atoms with Gasteiger partial charge in [0.1, 0.15) is 0 Å². The molecule has 1 rings (SSSR count). The summed E-state index contributed by atoms with van der Waals surface area (Å²) in [6.07, 6.45) is 0. The van der Waals surface area contributed by atoms with Crippen LogP contribution in [0, 0.1) is 0 Å². The maximum absolute atomic E-state index is 11.6. The normalized spacial score (nSPS) is 20.3. The summed E-state index contributed by atoms with van der Waals surface area (Å²) in [5.41, 5.74) is 0. The van der Waals surface area contributed by atoms with Crippen molar-refractivity contribution in [3.63, 3.8) is 0 Å². The van der Waals surface area contributed by atoms with Gasteiger partial charge in [-0.1, -0.05) is 20.8 Å². The summed E-state index contributed by atoms with van der Waals surface area (Å²) in [7, 11) is 0. The van der Waals surface area contributed by atoms with E-state index in [-0.39, 0.29) is 29.1 Å². The van der Waals surface area contributed by atoms with Gasteiger partial charge in [0.25, 0.3) is 0 Å². The monoisotopic (exact) mass is 284 g/mol. The summed E-state index contributed by atoms with van der Waals surface area (Å²) in [6.45, 7) is 7.33. The topological polar surface area (TPSA) is 41.1 Å². The lowest BCUT2D eigenvalue weighted by atomic mass is 10.3. The van der Waals surface area contributed by atoms with Gasteiger partial charge in [0.2, 0.25) is 5.91 Å². The van der Waals surface area contributed by atoms with Gasteiger partial charge in [-0.15, -0.1) is 24.2 Å². The Bertz CT molecular complexity index is 215. The van der Waals surface area contributed by atoms with Crippen molar-refractivity contribution < 1.29 is 4.79 Å². The molecule has 16 heavy (non-hydrogen) atoms. The van der Waals surface area contributed by atoms with Crippen LogP contribution in [0.2, 0.25) is 0 Å².